The van der Waals surface area contributed by atoms with E-state index in [9.17, 15) is 27.6 Å². The fraction of sp³-hybridized carbons (Fsp3) is 0.258. The number of carboxylic acids is 3. The first-order valence-corrected chi connectivity index (χ1v) is 13.1. The molecular weight excluding hydrogens is 587 g/mol. The van der Waals surface area contributed by atoms with Gasteiger partial charge in [-0.3, -0.25) is 9.59 Å². The zero-order valence-electron chi connectivity index (χ0n) is 23.3. The molecule has 236 valence electrons. The number of aliphatic carboxylic acids is 3. The molecule has 0 aliphatic rings. The van der Waals surface area contributed by atoms with Gasteiger partial charge in [-0.05, 0) is 28.8 Å². The van der Waals surface area contributed by atoms with Gasteiger partial charge in [0.05, 0.1) is 25.0 Å². The fourth-order valence-corrected chi connectivity index (χ4v) is 3.99. The Morgan fingerprint density at radius 1 is 0.705 bits per heavy atom. The van der Waals surface area contributed by atoms with Gasteiger partial charge < -0.3 is 35.6 Å². The quantitative estimate of drug-likeness (QED) is 0.115. The van der Waals surface area contributed by atoms with Crippen molar-refractivity contribution in [1.29, 1.82) is 0 Å². The van der Waals surface area contributed by atoms with Gasteiger partial charge in [0.25, 0.3) is 0 Å². The third kappa shape index (κ3) is 11.2. The molecule has 3 aromatic rings. The minimum absolute atomic E-state index is 0.0479. The molecule has 0 aromatic heterocycles. The molecule has 0 atom stereocenters. The molecule has 0 fully saturated rings. The highest BCUT2D eigenvalue weighted by Gasteiger charge is 2.41. The van der Waals surface area contributed by atoms with Crippen LogP contribution in [0.15, 0.2) is 84.9 Å². The van der Waals surface area contributed by atoms with E-state index in [2.05, 4.69) is 5.32 Å². The second-order valence-electron chi connectivity index (χ2n) is 9.30. The van der Waals surface area contributed by atoms with E-state index in [4.69, 9.17) is 30.3 Å². The number of hydrogen-bond acceptors (Lipinski definition) is 7. The molecule has 10 nitrogen and oxygen atoms in total. The van der Waals surface area contributed by atoms with Crippen LogP contribution >= 0.6 is 0 Å². The van der Waals surface area contributed by atoms with Gasteiger partial charge >= 0.3 is 24.1 Å². The molecule has 0 bridgehead atoms. The first-order valence-electron chi connectivity index (χ1n) is 13.1. The standard InChI is InChI=1S/C25H24F3NO2.C6H8O7/c26-25(27,28)24(21-9-5-2-6-10-21)23(19-7-3-1-4-8-19)20-11-13-22(14-12-20)31-18-16-29-15-17-30;7-3(8)1-6(13,5(11)12)2-4(9)10/h1-14,29-30H,15-18H2;13H,1-2H2,(H,7,8)(H,9,10)(H,11,12)/b24-23+;. The van der Waals surface area contributed by atoms with Gasteiger partial charge in [0.2, 0.25) is 0 Å². The molecule has 0 saturated carbocycles. The van der Waals surface area contributed by atoms with Gasteiger partial charge in [-0.25, -0.2) is 4.79 Å². The third-order valence-electron chi connectivity index (χ3n) is 5.92. The van der Waals surface area contributed by atoms with Crippen molar-refractivity contribution in [2.45, 2.75) is 24.6 Å². The lowest BCUT2D eigenvalue weighted by Gasteiger charge is -2.20. The predicted molar refractivity (Wildman–Crippen MR) is 154 cm³/mol. The maximum absolute atomic E-state index is 14.3. The number of alkyl halides is 3. The topological polar surface area (TPSA) is 174 Å². The van der Waals surface area contributed by atoms with Gasteiger partial charge in [-0.1, -0.05) is 72.8 Å². The van der Waals surface area contributed by atoms with Gasteiger partial charge in [0.15, 0.2) is 5.60 Å². The number of allylic oxidation sites excluding steroid dienone is 1. The summed E-state index contributed by atoms with van der Waals surface area (Å²) in [4.78, 5) is 30.5. The van der Waals surface area contributed by atoms with E-state index < -0.39 is 48.1 Å². The van der Waals surface area contributed by atoms with Crippen LogP contribution in [-0.2, 0) is 14.4 Å². The lowest BCUT2D eigenvalue weighted by Crippen LogP contribution is -2.42. The molecule has 0 amide bonds. The van der Waals surface area contributed by atoms with Crippen LogP contribution in [0.2, 0.25) is 0 Å². The Bertz CT molecular complexity index is 1380. The molecule has 0 aliphatic carbocycles. The molecule has 3 rings (SSSR count). The van der Waals surface area contributed by atoms with E-state index in [1.807, 2.05) is 0 Å². The Balaban J connectivity index is 0.000000439. The Morgan fingerprint density at radius 3 is 1.61 bits per heavy atom. The van der Waals surface area contributed by atoms with Gasteiger partial charge in [0.1, 0.15) is 12.4 Å². The third-order valence-corrected chi connectivity index (χ3v) is 5.92. The van der Waals surface area contributed by atoms with Crippen molar-refractivity contribution in [3.63, 3.8) is 0 Å². The van der Waals surface area contributed by atoms with Crippen molar-refractivity contribution in [1.82, 2.24) is 5.32 Å². The van der Waals surface area contributed by atoms with E-state index in [-0.39, 0.29) is 17.7 Å². The average molecular weight is 620 g/mol. The van der Waals surface area contributed by atoms with Crippen molar-refractivity contribution < 1.29 is 57.8 Å². The number of ether oxygens (including phenoxy) is 1. The van der Waals surface area contributed by atoms with E-state index in [1.54, 1.807) is 72.8 Å². The van der Waals surface area contributed by atoms with E-state index in [0.717, 1.165) is 0 Å². The van der Waals surface area contributed by atoms with Crippen molar-refractivity contribution in [3.05, 3.63) is 102 Å². The Labute approximate surface area is 250 Å². The SMILES string of the molecule is O=C(O)CC(O)(CC(=O)O)C(=O)O.OCCNCCOc1ccc(/C(=C(\c2ccccc2)C(F)(F)F)c2ccccc2)cc1. The summed E-state index contributed by atoms with van der Waals surface area (Å²) >= 11 is 0. The summed E-state index contributed by atoms with van der Waals surface area (Å²) in [5.41, 5.74) is -2.24. The number of aliphatic hydroxyl groups is 2. The van der Waals surface area contributed by atoms with Crippen LogP contribution < -0.4 is 10.1 Å². The molecule has 13 heteroatoms. The summed E-state index contributed by atoms with van der Waals surface area (Å²) in [5.74, 6) is -4.45. The van der Waals surface area contributed by atoms with Crippen LogP contribution in [-0.4, -0.2) is 81.5 Å². The number of carbonyl (C=O) groups is 3. The monoisotopic (exact) mass is 619 g/mol. The van der Waals surface area contributed by atoms with Crippen molar-refractivity contribution >= 4 is 29.1 Å². The summed E-state index contributed by atoms with van der Waals surface area (Å²) in [6.45, 7) is 1.47. The number of rotatable bonds is 14. The fourth-order valence-electron chi connectivity index (χ4n) is 3.99. The maximum atomic E-state index is 14.3. The summed E-state index contributed by atoms with van der Waals surface area (Å²) in [6, 6.07) is 23.1. The number of carboxylic acid groups (broad SMARTS) is 3. The summed E-state index contributed by atoms with van der Waals surface area (Å²) in [5, 5.41) is 45.6. The zero-order chi connectivity index (χ0) is 32.8. The number of hydrogen-bond donors (Lipinski definition) is 6. The van der Waals surface area contributed by atoms with E-state index in [0.29, 0.717) is 36.6 Å². The normalized spacial score (nSPS) is 11.9. The van der Waals surface area contributed by atoms with Gasteiger partial charge in [-0.15, -0.1) is 0 Å². The molecule has 44 heavy (non-hydrogen) atoms. The van der Waals surface area contributed by atoms with Crippen LogP contribution in [0.3, 0.4) is 0 Å². The minimum Gasteiger partial charge on any atom is -0.492 e. The maximum Gasteiger partial charge on any atom is 0.417 e. The molecule has 0 saturated heterocycles. The Kier molecular flexibility index (Phi) is 13.5. The van der Waals surface area contributed by atoms with Crippen LogP contribution in [0.25, 0.3) is 11.1 Å². The lowest BCUT2D eigenvalue weighted by molar-refractivity contribution is -0.170. The van der Waals surface area contributed by atoms with Crippen LogP contribution in [0.5, 0.6) is 5.75 Å². The lowest BCUT2D eigenvalue weighted by atomic mass is 9.89. The summed E-state index contributed by atoms with van der Waals surface area (Å²) in [6.07, 6.45) is -6.83. The predicted octanol–water partition coefficient (Wildman–Crippen LogP) is 3.92. The van der Waals surface area contributed by atoms with E-state index in [1.165, 1.54) is 12.1 Å². The van der Waals surface area contributed by atoms with Gasteiger partial charge in [-0.2, -0.15) is 13.2 Å². The zero-order valence-corrected chi connectivity index (χ0v) is 23.3. The number of halogens is 3. The average Bonchev–Trinajstić information content (AvgIpc) is 2.96. The van der Waals surface area contributed by atoms with Crippen LogP contribution in [0, 0.1) is 0 Å². The second kappa shape index (κ2) is 16.8. The molecular formula is C31H32F3NO9. The van der Waals surface area contributed by atoms with Crippen molar-refractivity contribution in [2.75, 3.05) is 26.3 Å². The Morgan fingerprint density at radius 2 is 1.18 bits per heavy atom. The first-order chi connectivity index (χ1) is 20.8. The summed E-state index contributed by atoms with van der Waals surface area (Å²) < 4.78 is 48.4. The van der Waals surface area contributed by atoms with E-state index >= 15 is 0 Å². The molecule has 0 radical (unpaired) electrons. The summed E-state index contributed by atoms with van der Waals surface area (Å²) in [7, 11) is 0. The van der Waals surface area contributed by atoms with Crippen molar-refractivity contribution in [3.8, 4) is 5.75 Å². The number of benzene rings is 3. The highest BCUT2D eigenvalue weighted by Crippen LogP contribution is 2.42. The molecule has 3 aromatic carbocycles. The molecule has 0 aliphatic heterocycles. The highest BCUT2D eigenvalue weighted by molar-refractivity contribution is 6.00. The molecule has 6 N–H and O–H groups in total. The van der Waals surface area contributed by atoms with Gasteiger partial charge in [0, 0.05) is 18.7 Å². The smallest absolute Gasteiger partial charge is 0.417 e. The Hall–Kier alpha value is -4.72. The largest absolute Gasteiger partial charge is 0.492 e. The highest BCUT2D eigenvalue weighted by atomic mass is 19.4. The number of nitrogens with one attached hydrogen (secondary N) is 1. The van der Waals surface area contributed by atoms with Crippen LogP contribution in [0.1, 0.15) is 29.5 Å². The minimum atomic E-state index is -4.54. The second-order valence-corrected chi connectivity index (χ2v) is 9.30. The first kappa shape index (κ1) is 35.5. The van der Waals surface area contributed by atoms with Crippen molar-refractivity contribution in [2.24, 2.45) is 0 Å². The molecule has 0 spiro atoms. The number of aliphatic hydroxyl groups excluding tert-OH is 1. The molecule has 0 heterocycles. The molecule has 0 unspecified atom stereocenters. The van der Waals surface area contributed by atoms with Crippen LogP contribution in [0.4, 0.5) is 13.2 Å².